The zero-order chi connectivity index (χ0) is 11.1. The second kappa shape index (κ2) is 3.54. The predicted molar refractivity (Wildman–Crippen MR) is 52.8 cm³/mol. The molecule has 0 bridgehead atoms. The molecule has 0 heterocycles. The highest BCUT2D eigenvalue weighted by atomic mass is 19.4. The van der Waals surface area contributed by atoms with Gasteiger partial charge in [0.05, 0.1) is 5.56 Å². The van der Waals surface area contributed by atoms with Crippen molar-refractivity contribution in [2.75, 3.05) is 0 Å². The number of aryl methyl sites for hydroxylation is 1. The summed E-state index contributed by atoms with van der Waals surface area (Å²) in [5, 5.41) is 0. The molecule has 0 radical (unpaired) electrons. The molecular weight excluding hydrogens is 201 g/mol. The van der Waals surface area contributed by atoms with Gasteiger partial charge in [-0.2, -0.15) is 13.2 Å². The van der Waals surface area contributed by atoms with Crippen LogP contribution < -0.4 is 0 Å². The highest BCUT2D eigenvalue weighted by molar-refractivity contribution is 5.37. The summed E-state index contributed by atoms with van der Waals surface area (Å²) in [4.78, 5) is 0. The van der Waals surface area contributed by atoms with Gasteiger partial charge >= 0.3 is 6.18 Å². The van der Waals surface area contributed by atoms with Gasteiger partial charge in [0.1, 0.15) is 0 Å². The lowest BCUT2D eigenvalue weighted by Crippen LogP contribution is -2.09. The van der Waals surface area contributed by atoms with Crippen LogP contribution in [-0.4, -0.2) is 0 Å². The van der Waals surface area contributed by atoms with Gasteiger partial charge < -0.3 is 0 Å². The molecular formula is C12H13F3. The highest BCUT2D eigenvalue weighted by Crippen LogP contribution is 2.42. The van der Waals surface area contributed by atoms with Crippen LogP contribution in [0.2, 0.25) is 0 Å². The maximum absolute atomic E-state index is 12.6. The summed E-state index contributed by atoms with van der Waals surface area (Å²) >= 11 is 0. The van der Waals surface area contributed by atoms with E-state index in [1.165, 1.54) is 6.07 Å². The van der Waals surface area contributed by atoms with Gasteiger partial charge in [-0.1, -0.05) is 19.1 Å². The monoisotopic (exact) mass is 214 g/mol. The van der Waals surface area contributed by atoms with E-state index in [0.717, 1.165) is 18.4 Å². The smallest absolute Gasteiger partial charge is 0.166 e. The first kappa shape index (κ1) is 10.5. The topological polar surface area (TPSA) is 0 Å². The number of hydrogen-bond acceptors (Lipinski definition) is 0. The Hall–Kier alpha value is -0.990. The van der Waals surface area contributed by atoms with Crippen molar-refractivity contribution in [1.82, 2.24) is 0 Å². The van der Waals surface area contributed by atoms with E-state index < -0.39 is 11.7 Å². The van der Waals surface area contributed by atoms with E-state index in [2.05, 4.69) is 0 Å². The zero-order valence-electron chi connectivity index (χ0n) is 8.56. The third-order valence-electron chi connectivity index (χ3n) is 2.86. The minimum absolute atomic E-state index is 0.423. The quantitative estimate of drug-likeness (QED) is 0.693. The Balaban J connectivity index is 2.39. The second-order valence-electron chi connectivity index (χ2n) is 4.04. The maximum atomic E-state index is 12.6. The summed E-state index contributed by atoms with van der Waals surface area (Å²) in [6.45, 7) is 1.77. The Morgan fingerprint density at radius 1 is 1.27 bits per heavy atom. The lowest BCUT2D eigenvalue weighted by atomic mass is 9.99. The summed E-state index contributed by atoms with van der Waals surface area (Å²) in [6, 6.07) is 4.58. The Morgan fingerprint density at radius 3 is 2.40 bits per heavy atom. The summed E-state index contributed by atoms with van der Waals surface area (Å²) in [5.41, 5.74) is 1.01. The molecule has 15 heavy (non-hydrogen) atoms. The van der Waals surface area contributed by atoms with Crippen molar-refractivity contribution in [3.63, 3.8) is 0 Å². The van der Waals surface area contributed by atoms with Crippen molar-refractivity contribution in [3.8, 4) is 0 Å². The maximum Gasteiger partial charge on any atom is 0.416 e. The summed E-state index contributed by atoms with van der Waals surface area (Å²) in [6.07, 6.45) is -1.54. The first-order valence-corrected chi connectivity index (χ1v) is 5.22. The van der Waals surface area contributed by atoms with Gasteiger partial charge in [-0.05, 0) is 42.4 Å². The summed E-state index contributed by atoms with van der Waals surface area (Å²) < 4.78 is 37.8. The largest absolute Gasteiger partial charge is 0.416 e. The van der Waals surface area contributed by atoms with Crippen LogP contribution in [-0.2, 0) is 12.6 Å². The Morgan fingerprint density at radius 2 is 1.93 bits per heavy atom. The van der Waals surface area contributed by atoms with Crippen LogP contribution in [0.5, 0.6) is 0 Å². The fourth-order valence-corrected chi connectivity index (χ4v) is 1.85. The highest BCUT2D eigenvalue weighted by Gasteiger charge is 2.33. The molecule has 1 aromatic rings. The number of halogens is 3. The van der Waals surface area contributed by atoms with Crippen LogP contribution >= 0.6 is 0 Å². The van der Waals surface area contributed by atoms with Crippen LogP contribution in [0.25, 0.3) is 0 Å². The summed E-state index contributed by atoms with van der Waals surface area (Å²) in [7, 11) is 0. The molecule has 0 spiro atoms. The van der Waals surface area contributed by atoms with Gasteiger partial charge in [0.15, 0.2) is 0 Å². The van der Waals surface area contributed by atoms with Crippen LogP contribution in [0, 0.1) is 0 Å². The van der Waals surface area contributed by atoms with Gasteiger partial charge in [-0.3, -0.25) is 0 Å². The molecule has 2 rings (SSSR count). The van der Waals surface area contributed by atoms with Crippen molar-refractivity contribution in [2.24, 2.45) is 0 Å². The molecule has 0 aliphatic heterocycles. The van der Waals surface area contributed by atoms with Crippen LogP contribution in [0.4, 0.5) is 13.2 Å². The molecule has 0 amide bonds. The van der Waals surface area contributed by atoms with E-state index in [-0.39, 0.29) is 0 Å². The minimum Gasteiger partial charge on any atom is -0.166 e. The van der Waals surface area contributed by atoms with Gasteiger partial charge in [0.2, 0.25) is 0 Å². The normalized spacial score (nSPS) is 16.8. The molecule has 0 atom stereocenters. The van der Waals surface area contributed by atoms with Gasteiger partial charge in [-0.25, -0.2) is 0 Å². The van der Waals surface area contributed by atoms with E-state index in [4.69, 9.17) is 0 Å². The fourth-order valence-electron chi connectivity index (χ4n) is 1.85. The van der Waals surface area contributed by atoms with E-state index in [0.29, 0.717) is 17.9 Å². The van der Waals surface area contributed by atoms with Crippen molar-refractivity contribution >= 4 is 0 Å². The molecule has 0 N–H and O–H groups in total. The molecule has 1 aromatic carbocycles. The van der Waals surface area contributed by atoms with E-state index in [1.807, 2.05) is 0 Å². The minimum atomic E-state index is -4.21. The number of rotatable bonds is 2. The lowest BCUT2D eigenvalue weighted by molar-refractivity contribution is -0.138. The number of hydrogen-bond donors (Lipinski definition) is 0. The molecule has 0 nitrogen and oxygen atoms in total. The molecule has 0 saturated heterocycles. The van der Waals surface area contributed by atoms with E-state index in [1.54, 1.807) is 19.1 Å². The third kappa shape index (κ3) is 2.16. The van der Waals surface area contributed by atoms with E-state index in [9.17, 15) is 13.2 Å². The first-order valence-electron chi connectivity index (χ1n) is 5.22. The fraction of sp³-hybridized carbons (Fsp3) is 0.500. The van der Waals surface area contributed by atoms with Crippen molar-refractivity contribution in [2.45, 2.75) is 38.3 Å². The Kier molecular flexibility index (Phi) is 2.49. The molecule has 1 aliphatic carbocycles. The van der Waals surface area contributed by atoms with Crippen LogP contribution in [0.3, 0.4) is 0 Å². The molecule has 1 aliphatic rings. The van der Waals surface area contributed by atoms with Crippen molar-refractivity contribution in [3.05, 3.63) is 34.9 Å². The average Bonchev–Trinajstić information content (AvgIpc) is 2.98. The van der Waals surface area contributed by atoms with Gasteiger partial charge in [-0.15, -0.1) is 0 Å². The van der Waals surface area contributed by atoms with Crippen LogP contribution in [0.1, 0.15) is 42.4 Å². The van der Waals surface area contributed by atoms with Crippen molar-refractivity contribution < 1.29 is 13.2 Å². The lowest BCUT2D eigenvalue weighted by Gasteiger charge is -2.13. The van der Waals surface area contributed by atoms with Gasteiger partial charge in [0.25, 0.3) is 0 Å². The Bertz CT molecular complexity index is 362. The molecule has 1 fully saturated rings. The molecule has 82 valence electrons. The third-order valence-corrected chi connectivity index (χ3v) is 2.86. The zero-order valence-corrected chi connectivity index (χ0v) is 8.56. The number of alkyl halides is 3. The van der Waals surface area contributed by atoms with E-state index >= 15 is 0 Å². The number of benzene rings is 1. The molecule has 0 aromatic heterocycles. The molecule has 1 saturated carbocycles. The second-order valence-corrected chi connectivity index (χ2v) is 4.04. The average molecular weight is 214 g/mol. The standard InChI is InChI=1S/C12H13F3/c1-2-8-7-10(9-3-4-9)5-6-11(8)12(13,14)15/h5-7,9H,2-4H2,1H3. The molecule has 0 unspecified atom stereocenters. The SMILES string of the molecule is CCc1cc(C2CC2)ccc1C(F)(F)F. The van der Waals surface area contributed by atoms with Gasteiger partial charge in [0, 0.05) is 0 Å². The van der Waals surface area contributed by atoms with Crippen molar-refractivity contribution in [1.29, 1.82) is 0 Å². The Labute approximate surface area is 87.1 Å². The van der Waals surface area contributed by atoms with Crippen LogP contribution in [0.15, 0.2) is 18.2 Å². The summed E-state index contributed by atoms with van der Waals surface area (Å²) in [5.74, 6) is 0.512. The molecule has 3 heteroatoms. The first-order chi connectivity index (χ1) is 7.02. The predicted octanol–water partition coefficient (Wildman–Crippen LogP) is 4.15.